The summed E-state index contributed by atoms with van der Waals surface area (Å²) in [7, 11) is 0. The van der Waals surface area contributed by atoms with Crippen molar-refractivity contribution in [1.29, 1.82) is 0 Å². The van der Waals surface area contributed by atoms with Crippen LogP contribution in [0.2, 0.25) is 10.0 Å². The third-order valence-corrected chi connectivity index (χ3v) is 6.55. The fourth-order valence-corrected chi connectivity index (χ4v) is 5.07. The van der Waals surface area contributed by atoms with Gasteiger partial charge in [0.15, 0.2) is 5.11 Å². The van der Waals surface area contributed by atoms with Crippen molar-refractivity contribution in [3.8, 4) is 11.3 Å². The molecule has 8 nitrogen and oxygen atoms in total. The summed E-state index contributed by atoms with van der Waals surface area (Å²) < 4.78 is 15.9. The second-order valence-electron chi connectivity index (χ2n) is 7.34. The molecule has 0 saturated heterocycles. The van der Waals surface area contributed by atoms with Crippen molar-refractivity contribution >= 4 is 80.8 Å². The topological polar surface area (TPSA) is 107 Å². The van der Waals surface area contributed by atoms with Crippen LogP contribution in [0.1, 0.15) is 45.2 Å². The van der Waals surface area contributed by atoms with Crippen molar-refractivity contribution in [2.24, 2.45) is 0 Å². The number of amides is 1. The van der Waals surface area contributed by atoms with Crippen molar-refractivity contribution in [3.63, 3.8) is 0 Å². The Morgan fingerprint density at radius 1 is 1.05 bits per heavy atom. The van der Waals surface area contributed by atoms with E-state index in [9.17, 15) is 14.4 Å². The molecule has 12 heteroatoms. The fourth-order valence-electron chi connectivity index (χ4n) is 3.18. The van der Waals surface area contributed by atoms with Crippen LogP contribution >= 0.6 is 46.8 Å². The molecular weight excluding hydrogens is 559 g/mol. The number of hydrogen-bond acceptors (Lipinski definition) is 8. The van der Waals surface area contributed by atoms with Crippen molar-refractivity contribution in [1.82, 2.24) is 5.32 Å². The highest BCUT2D eigenvalue weighted by atomic mass is 35.5. The molecule has 0 radical (unpaired) electrons. The monoisotopic (exact) mass is 580 g/mol. The summed E-state index contributed by atoms with van der Waals surface area (Å²) in [6.45, 7) is 5.29. The van der Waals surface area contributed by atoms with Gasteiger partial charge in [0.25, 0.3) is 0 Å². The zero-order chi connectivity index (χ0) is 27.1. The highest BCUT2D eigenvalue weighted by Crippen LogP contribution is 2.34. The van der Waals surface area contributed by atoms with E-state index in [1.807, 2.05) is 0 Å². The number of nitrogens with one attached hydrogen (secondary N) is 2. The molecule has 0 atom stereocenters. The van der Waals surface area contributed by atoms with Gasteiger partial charge in [-0.3, -0.25) is 10.1 Å². The number of anilines is 1. The second-order valence-corrected chi connectivity index (χ2v) is 9.64. The molecule has 0 spiro atoms. The van der Waals surface area contributed by atoms with Gasteiger partial charge in [0, 0.05) is 21.7 Å². The molecule has 0 aliphatic rings. The van der Waals surface area contributed by atoms with Crippen LogP contribution in [0.15, 0.2) is 40.8 Å². The second kappa shape index (κ2) is 12.9. The van der Waals surface area contributed by atoms with Crippen LogP contribution in [0.25, 0.3) is 17.4 Å². The highest BCUT2D eigenvalue weighted by Gasteiger charge is 2.27. The molecule has 0 aliphatic heterocycles. The molecule has 2 heterocycles. The van der Waals surface area contributed by atoms with E-state index in [-0.39, 0.29) is 33.8 Å². The number of ether oxygens (including phenoxy) is 2. The van der Waals surface area contributed by atoms with Gasteiger partial charge in [-0.25, -0.2) is 9.59 Å². The molecule has 3 aromatic rings. The lowest BCUT2D eigenvalue weighted by molar-refractivity contribution is -0.115. The first-order valence-corrected chi connectivity index (χ1v) is 12.9. The standard InChI is InChI=1S/C25H22Cl2N2O6S2/c1-4-33-23(31)20-13(3)21(24(32)34-5-2)37-22(20)29-25(36)28-19(30)9-7-17-6-8-18(35-17)14-10-15(26)12-16(27)11-14/h6-12H,4-5H2,1-3H3,(H2,28,29,30,36)/b9-7+. The van der Waals surface area contributed by atoms with E-state index in [2.05, 4.69) is 10.6 Å². The van der Waals surface area contributed by atoms with Crippen LogP contribution in [0.4, 0.5) is 5.00 Å². The zero-order valence-corrected chi connectivity index (χ0v) is 23.1. The van der Waals surface area contributed by atoms with Gasteiger partial charge in [0.05, 0.1) is 18.8 Å². The van der Waals surface area contributed by atoms with Gasteiger partial charge >= 0.3 is 11.9 Å². The van der Waals surface area contributed by atoms with Gasteiger partial charge in [-0.2, -0.15) is 0 Å². The van der Waals surface area contributed by atoms with E-state index in [1.54, 1.807) is 51.1 Å². The van der Waals surface area contributed by atoms with E-state index < -0.39 is 17.8 Å². The average molecular weight is 581 g/mol. The molecule has 0 saturated carbocycles. The Bertz CT molecular complexity index is 1360. The first-order valence-electron chi connectivity index (χ1n) is 11.0. The third-order valence-electron chi connectivity index (χ3n) is 4.72. The summed E-state index contributed by atoms with van der Waals surface area (Å²) in [6.07, 6.45) is 2.70. The third kappa shape index (κ3) is 7.42. The normalized spacial score (nSPS) is 10.8. The van der Waals surface area contributed by atoms with E-state index in [4.69, 9.17) is 49.3 Å². The van der Waals surface area contributed by atoms with Crippen molar-refractivity contribution in [3.05, 3.63) is 68.2 Å². The number of thiophene rings is 1. The molecule has 1 amide bonds. The van der Waals surface area contributed by atoms with Crippen molar-refractivity contribution < 1.29 is 28.3 Å². The highest BCUT2D eigenvalue weighted by molar-refractivity contribution is 7.80. The molecule has 0 fully saturated rings. The molecule has 37 heavy (non-hydrogen) atoms. The molecular formula is C25H22Cl2N2O6S2. The van der Waals surface area contributed by atoms with Crippen LogP contribution in [-0.2, 0) is 14.3 Å². The number of benzene rings is 1. The Balaban J connectivity index is 1.70. The number of rotatable bonds is 8. The summed E-state index contributed by atoms with van der Waals surface area (Å²) in [5, 5.41) is 6.41. The van der Waals surface area contributed by atoms with Crippen LogP contribution in [0.3, 0.4) is 0 Å². The summed E-state index contributed by atoms with van der Waals surface area (Å²) in [4.78, 5) is 37.4. The maximum absolute atomic E-state index is 12.5. The molecule has 0 aliphatic carbocycles. The average Bonchev–Trinajstić information content (AvgIpc) is 3.42. The molecule has 0 bridgehead atoms. The Morgan fingerprint density at radius 2 is 1.70 bits per heavy atom. The zero-order valence-electron chi connectivity index (χ0n) is 20.0. The maximum atomic E-state index is 12.5. The van der Waals surface area contributed by atoms with Gasteiger partial charge in [-0.1, -0.05) is 23.2 Å². The number of esters is 2. The van der Waals surface area contributed by atoms with Gasteiger partial charge in [-0.05, 0) is 75.0 Å². The van der Waals surface area contributed by atoms with Crippen LogP contribution in [0.5, 0.6) is 0 Å². The van der Waals surface area contributed by atoms with Crippen LogP contribution < -0.4 is 10.6 Å². The predicted octanol–water partition coefficient (Wildman–Crippen LogP) is 6.50. The number of hydrogen-bond donors (Lipinski definition) is 2. The Morgan fingerprint density at radius 3 is 2.35 bits per heavy atom. The van der Waals surface area contributed by atoms with Gasteiger partial charge in [-0.15, -0.1) is 11.3 Å². The summed E-state index contributed by atoms with van der Waals surface area (Å²) >= 11 is 18.3. The molecule has 1 aromatic carbocycles. The maximum Gasteiger partial charge on any atom is 0.348 e. The number of furan rings is 1. The number of thiocarbonyl (C=S) groups is 1. The minimum absolute atomic E-state index is 0.0782. The molecule has 2 N–H and O–H groups in total. The largest absolute Gasteiger partial charge is 0.462 e. The fraction of sp³-hybridized carbons (Fsp3) is 0.200. The lowest BCUT2D eigenvalue weighted by Gasteiger charge is -2.09. The van der Waals surface area contributed by atoms with Crippen LogP contribution in [0, 0.1) is 6.92 Å². The predicted molar refractivity (Wildman–Crippen MR) is 149 cm³/mol. The summed E-state index contributed by atoms with van der Waals surface area (Å²) in [5.41, 5.74) is 1.23. The van der Waals surface area contributed by atoms with E-state index in [0.29, 0.717) is 32.7 Å². The first-order chi connectivity index (χ1) is 17.6. The van der Waals surface area contributed by atoms with Crippen molar-refractivity contribution in [2.75, 3.05) is 18.5 Å². The van der Waals surface area contributed by atoms with E-state index in [1.165, 1.54) is 12.2 Å². The minimum atomic E-state index is -0.627. The summed E-state index contributed by atoms with van der Waals surface area (Å²) in [6, 6.07) is 8.44. The minimum Gasteiger partial charge on any atom is -0.462 e. The first kappa shape index (κ1) is 28.4. The summed E-state index contributed by atoms with van der Waals surface area (Å²) in [5.74, 6) is -0.800. The van der Waals surface area contributed by atoms with E-state index in [0.717, 1.165) is 11.3 Å². The molecule has 3 rings (SSSR count). The Kier molecular flexibility index (Phi) is 9.87. The SMILES string of the molecule is CCOC(=O)c1sc(NC(=S)NC(=O)/C=C/c2ccc(-c3cc(Cl)cc(Cl)c3)o2)c(C(=O)OCC)c1C. The van der Waals surface area contributed by atoms with Crippen molar-refractivity contribution in [2.45, 2.75) is 20.8 Å². The smallest absolute Gasteiger partial charge is 0.348 e. The van der Waals surface area contributed by atoms with E-state index >= 15 is 0 Å². The number of carbonyl (C=O) groups is 3. The van der Waals surface area contributed by atoms with Gasteiger partial charge in [0.1, 0.15) is 21.4 Å². The lowest BCUT2D eigenvalue weighted by atomic mass is 10.1. The Labute approximate surface area is 232 Å². The van der Waals surface area contributed by atoms with Gasteiger partial charge in [0.2, 0.25) is 5.91 Å². The Hall–Kier alpha value is -3.18. The van der Waals surface area contributed by atoms with Crippen LogP contribution in [-0.4, -0.2) is 36.2 Å². The van der Waals surface area contributed by atoms with Gasteiger partial charge < -0.3 is 19.2 Å². The molecule has 2 aromatic heterocycles. The number of carbonyl (C=O) groups excluding carboxylic acids is 3. The molecule has 194 valence electrons. The molecule has 0 unspecified atom stereocenters. The number of halogens is 2. The quantitative estimate of drug-likeness (QED) is 0.176. The lowest BCUT2D eigenvalue weighted by Crippen LogP contribution is -2.33.